The molecule has 0 saturated heterocycles. The van der Waals surface area contributed by atoms with Gasteiger partial charge >= 0.3 is 0 Å². The van der Waals surface area contributed by atoms with E-state index < -0.39 is 0 Å². The van der Waals surface area contributed by atoms with E-state index in [2.05, 4.69) is 32.0 Å². The predicted octanol–water partition coefficient (Wildman–Crippen LogP) is 19.2. The maximum atomic E-state index is 10.1. The van der Waals surface area contributed by atoms with E-state index in [0.29, 0.717) is 6.42 Å². The van der Waals surface area contributed by atoms with E-state index in [-0.39, 0.29) is 6.61 Å². The molecule has 63 heavy (non-hydrogen) atoms. The van der Waals surface area contributed by atoms with Crippen LogP contribution in [-0.2, 0) is 13.0 Å². The standard InChI is InChI=1S/C59H104O4/c1-4-6-8-10-12-14-16-18-20-22-24-26-28-30-32-34-36-38-40-42-46-62-58-49-54(48-56-51-57(61-3)45-44-55(56)53-60)50-59(52-58)63-47-43-41-39-37-35-33-31-29-27-25-23-21-19-17-15-13-11-9-7-5-2/h44-45,49-52,60H,4-43,46-48,53H2,1-3H3. The molecule has 0 bridgehead atoms. The Hall–Kier alpha value is -2.20. The van der Waals surface area contributed by atoms with Gasteiger partial charge in [0.05, 0.1) is 26.9 Å². The van der Waals surface area contributed by atoms with Crippen LogP contribution in [0.4, 0.5) is 0 Å². The summed E-state index contributed by atoms with van der Waals surface area (Å²) in [5.41, 5.74) is 3.14. The minimum Gasteiger partial charge on any atom is -0.497 e. The van der Waals surface area contributed by atoms with Crippen LogP contribution in [0.2, 0.25) is 0 Å². The van der Waals surface area contributed by atoms with Crippen LogP contribution in [0.3, 0.4) is 0 Å². The van der Waals surface area contributed by atoms with Crippen LogP contribution in [-0.4, -0.2) is 25.4 Å². The van der Waals surface area contributed by atoms with Gasteiger partial charge in [-0.05, 0) is 60.2 Å². The predicted molar refractivity (Wildman–Crippen MR) is 275 cm³/mol. The lowest BCUT2D eigenvalue weighted by atomic mass is 9.99. The van der Waals surface area contributed by atoms with Crippen molar-refractivity contribution in [1.29, 1.82) is 0 Å². The van der Waals surface area contributed by atoms with Crippen molar-refractivity contribution in [2.45, 2.75) is 284 Å². The van der Waals surface area contributed by atoms with Crippen molar-refractivity contribution in [1.82, 2.24) is 0 Å². The minimum atomic E-state index is 0.0117. The molecule has 2 aromatic rings. The molecule has 0 aliphatic rings. The molecule has 0 fully saturated rings. The summed E-state index contributed by atoms with van der Waals surface area (Å²) in [6.45, 7) is 6.09. The van der Waals surface area contributed by atoms with E-state index in [1.807, 2.05) is 18.2 Å². The van der Waals surface area contributed by atoms with E-state index in [1.54, 1.807) is 7.11 Å². The molecule has 4 nitrogen and oxygen atoms in total. The zero-order valence-electron chi connectivity index (χ0n) is 42.2. The summed E-state index contributed by atoms with van der Waals surface area (Å²) >= 11 is 0. The largest absolute Gasteiger partial charge is 0.497 e. The Kier molecular flexibility index (Phi) is 39.5. The van der Waals surface area contributed by atoms with Crippen molar-refractivity contribution in [3.8, 4) is 17.2 Å². The highest BCUT2D eigenvalue weighted by atomic mass is 16.5. The first-order chi connectivity index (χ1) is 31.2. The molecule has 0 spiro atoms. The molecule has 0 unspecified atom stereocenters. The molecule has 364 valence electrons. The number of hydrogen-bond donors (Lipinski definition) is 1. The lowest BCUT2D eigenvalue weighted by Crippen LogP contribution is -2.03. The molecule has 2 rings (SSSR count). The van der Waals surface area contributed by atoms with Crippen molar-refractivity contribution in [2.75, 3.05) is 20.3 Å². The Morgan fingerprint density at radius 1 is 0.333 bits per heavy atom. The van der Waals surface area contributed by atoms with Gasteiger partial charge in [-0.1, -0.05) is 264 Å². The van der Waals surface area contributed by atoms with E-state index in [0.717, 1.165) is 60.0 Å². The zero-order valence-corrected chi connectivity index (χ0v) is 42.2. The van der Waals surface area contributed by atoms with Gasteiger partial charge < -0.3 is 19.3 Å². The first-order valence-corrected chi connectivity index (χ1v) is 27.9. The molecule has 0 radical (unpaired) electrons. The number of aliphatic hydroxyl groups excluding tert-OH is 1. The Bertz CT molecular complexity index is 1190. The normalized spacial score (nSPS) is 11.4. The van der Waals surface area contributed by atoms with Crippen LogP contribution < -0.4 is 14.2 Å². The van der Waals surface area contributed by atoms with E-state index in [4.69, 9.17) is 14.2 Å². The van der Waals surface area contributed by atoms with E-state index in [1.165, 1.54) is 244 Å². The third kappa shape index (κ3) is 33.9. The Balaban J connectivity index is 1.57. The lowest BCUT2D eigenvalue weighted by Gasteiger charge is -2.14. The van der Waals surface area contributed by atoms with Crippen LogP contribution in [0, 0.1) is 0 Å². The molecule has 1 N–H and O–H groups in total. The summed E-state index contributed by atoms with van der Waals surface area (Å²) in [6.07, 6.45) is 56.4. The highest BCUT2D eigenvalue weighted by Gasteiger charge is 2.10. The second kappa shape index (κ2) is 43.7. The average Bonchev–Trinajstić information content (AvgIpc) is 3.30. The quantitative estimate of drug-likeness (QED) is 0.0673. The Morgan fingerprint density at radius 3 is 0.921 bits per heavy atom. The number of unbranched alkanes of at least 4 members (excludes halogenated alkanes) is 38. The summed E-state index contributed by atoms with van der Waals surface area (Å²) in [5.74, 6) is 2.58. The Labute approximate surface area is 392 Å². The summed E-state index contributed by atoms with van der Waals surface area (Å²) in [4.78, 5) is 0. The summed E-state index contributed by atoms with van der Waals surface area (Å²) in [7, 11) is 1.69. The lowest BCUT2D eigenvalue weighted by molar-refractivity contribution is 0.280. The summed E-state index contributed by atoms with van der Waals surface area (Å²) in [6, 6.07) is 12.3. The second-order valence-electron chi connectivity index (χ2n) is 19.4. The number of hydrogen-bond acceptors (Lipinski definition) is 4. The molecule has 0 aliphatic heterocycles. The van der Waals surface area contributed by atoms with Gasteiger partial charge in [0.2, 0.25) is 0 Å². The van der Waals surface area contributed by atoms with Crippen molar-refractivity contribution < 1.29 is 19.3 Å². The van der Waals surface area contributed by atoms with Crippen LogP contribution in [0.15, 0.2) is 36.4 Å². The number of rotatable bonds is 48. The molecule has 0 amide bonds. The fraction of sp³-hybridized carbons (Fsp3) is 0.797. The first-order valence-electron chi connectivity index (χ1n) is 27.9. The smallest absolute Gasteiger partial charge is 0.123 e. The molecule has 0 atom stereocenters. The topological polar surface area (TPSA) is 47.9 Å². The molecule has 0 aromatic heterocycles. The zero-order chi connectivity index (χ0) is 44.9. The molecule has 4 heteroatoms. The molecule has 0 saturated carbocycles. The number of ether oxygens (including phenoxy) is 3. The monoisotopic (exact) mass is 877 g/mol. The summed E-state index contributed by atoms with van der Waals surface area (Å²) in [5, 5.41) is 10.1. The third-order valence-electron chi connectivity index (χ3n) is 13.5. The highest BCUT2D eigenvalue weighted by Crippen LogP contribution is 2.28. The number of benzene rings is 2. The van der Waals surface area contributed by atoms with Gasteiger partial charge in [0.15, 0.2) is 0 Å². The van der Waals surface area contributed by atoms with Crippen molar-refractivity contribution in [2.24, 2.45) is 0 Å². The fourth-order valence-electron chi connectivity index (χ4n) is 9.26. The molecular formula is C59H104O4. The van der Waals surface area contributed by atoms with Crippen LogP contribution in [0.1, 0.15) is 287 Å². The van der Waals surface area contributed by atoms with Crippen LogP contribution in [0.5, 0.6) is 17.2 Å². The molecular weight excluding hydrogens is 773 g/mol. The van der Waals surface area contributed by atoms with Gasteiger partial charge in [-0.15, -0.1) is 0 Å². The molecule has 0 aliphatic carbocycles. The van der Waals surface area contributed by atoms with E-state index >= 15 is 0 Å². The van der Waals surface area contributed by atoms with Crippen LogP contribution in [0.25, 0.3) is 0 Å². The second-order valence-corrected chi connectivity index (χ2v) is 19.4. The first kappa shape index (κ1) is 56.9. The van der Waals surface area contributed by atoms with Gasteiger partial charge in [0, 0.05) is 6.07 Å². The fourth-order valence-corrected chi connectivity index (χ4v) is 9.26. The SMILES string of the molecule is CCCCCCCCCCCCCCCCCCCCCCOc1cc(Cc2cc(OC)ccc2CO)cc(OCCCCCCCCCCCCCCCCCCCCCC)c1. The van der Waals surface area contributed by atoms with Gasteiger partial charge in [0.25, 0.3) is 0 Å². The number of methoxy groups -OCH3 is 1. The van der Waals surface area contributed by atoms with Gasteiger partial charge in [-0.25, -0.2) is 0 Å². The van der Waals surface area contributed by atoms with Gasteiger partial charge in [-0.2, -0.15) is 0 Å². The number of aliphatic hydroxyl groups is 1. The van der Waals surface area contributed by atoms with Crippen molar-refractivity contribution >= 4 is 0 Å². The maximum absolute atomic E-state index is 10.1. The van der Waals surface area contributed by atoms with Crippen molar-refractivity contribution in [3.63, 3.8) is 0 Å². The minimum absolute atomic E-state index is 0.0117. The average molecular weight is 877 g/mol. The van der Waals surface area contributed by atoms with Crippen molar-refractivity contribution in [3.05, 3.63) is 53.1 Å². The van der Waals surface area contributed by atoms with Crippen LogP contribution >= 0.6 is 0 Å². The maximum Gasteiger partial charge on any atom is 0.123 e. The van der Waals surface area contributed by atoms with E-state index in [9.17, 15) is 5.11 Å². The third-order valence-corrected chi connectivity index (χ3v) is 13.5. The molecule has 0 heterocycles. The highest BCUT2D eigenvalue weighted by molar-refractivity contribution is 5.43. The van der Waals surface area contributed by atoms with Gasteiger partial charge in [0.1, 0.15) is 17.2 Å². The summed E-state index contributed by atoms with van der Waals surface area (Å²) < 4.78 is 18.2. The molecule has 2 aromatic carbocycles. The Morgan fingerprint density at radius 2 is 0.635 bits per heavy atom. The van der Waals surface area contributed by atoms with Gasteiger partial charge in [-0.3, -0.25) is 0 Å².